The number of hydrogen-bond acceptors (Lipinski definition) is 10. The van der Waals surface area contributed by atoms with Crippen molar-refractivity contribution in [2.45, 2.75) is 58.0 Å². The van der Waals surface area contributed by atoms with Crippen LogP contribution in [0.5, 0.6) is 0 Å². The predicted octanol–water partition coefficient (Wildman–Crippen LogP) is 5.09. The van der Waals surface area contributed by atoms with Crippen LogP contribution in [0.1, 0.15) is 57.2 Å². The fourth-order valence-electron chi connectivity index (χ4n) is 4.95. The number of rotatable bonds is 17. The van der Waals surface area contributed by atoms with Crippen LogP contribution in [0.3, 0.4) is 0 Å². The average molecular weight is 651 g/mol. The Balaban J connectivity index is 0.000000343. The van der Waals surface area contributed by atoms with E-state index in [1.165, 1.54) is 0 Å². The smallest absolute Gasteiger partial charge is 0.328 e. The molecule has 0 atom stereocenters. The van der Waals surface area contributed by atoms with Crippen molar-refractivity contribution in [2.75, 3.05) is 39.6 Å². The lowest BCUT2D eigenvalue weighted by Crippen LogP contribution is -2.47. The minimum Gasteiger partial charge on any atom is -0.465 e. The minimum absolute atomic E-state index is 0.0747. The number of hydrogen-bond donors (Lipinski definition) is 1. The summed E-state index contributed by atoms with van der Waals surface area (Å²) < 4.78 is 26.3. The topological polar surface area (TPSA) is 135 Å². The van der Waals surface area contributed by atoms with Crippen LogP contribution < -0.4 is 0 Å². The third-order valence-corrected chi connectivity index (χ3v) is 7.25. The molecule has 0 saturated carbocycles. The fraction of sp³-hybridized carbons (Fsp3) is 0.405. The van der Waals surface area contributed by atoms with E-state index in [9.17, 15) is 24.3 Å². The Kier molecular flexibility index (Phi) is 16.9. The van der Waals surface area contributed by atoms with Crippen LogP contribution in [0.15, 0.2) is 91.0 Å². The summed E-state index contributed by atoms with van der Waals surface area (Å²) in [6, 6.07) is 27.1. The lowest BCUT2D eigenvalue weighted by molar-refractivity contribution is -0.167. The summed E-state index contributed by atoms with van der Waals surface area (Å²) in [5.41, 5.74) is -1.11. The molecule has 0 aliphatic heterocycles. The highest BCUT2D eigenvalue weighted by Gasteiger charge is 2.51. The second-order valence-corrected chi connectivity index (χ2v) is 10.2. The number of carbonyl (C=O) groups is 4. The summed E-state index contributed by atoms with van der Waals surface area (Å²) in [5.74, 6) is -2.62. The molecule has 0 saturated heterocycles. The summed E-state index contributed by atoms with van der Waals surface area (Å²) in [6.07, 6.45) is 0.0657. The second-order valence-electron chi connectivity index (χ2n) is 10.2. The first-order valence-electron chi connectivity index (χ1n) is 15.8. The quantitative estimate of drug-likeness (QED) is 0.0911. The van der Waals surface area contributed by atoms with E-state index in [2.05, 4.69) is 0 Å². The Labute approximate surface area is 276 Å². The van der Waals surface area contributed by atoms with Crippen LogP contribution >= 0.6 is 0 Å². The van der Waals surface area contributed by atoms with Crippen molar-refractivity contribution < 1.29 is 48.0 Å². The largest absolute Gasteiger partial charge is 0.465 e. The Bertz CT molecular complexity index is 1320. The predicted molar refractivity (Wildman–Crippen MR) is 175 cm³/mol. The summed E-state index contributed by atoms with van der Waals surface area (Å²) in [7, 11) is 0. The first kappa shape index (κ1) is 38.6. The molecular formula is C37H46O10. The van der Waals surface area contributed by atoms with Crippen LogP contribution in [-0.2, 0) is 60.3 Å². The van der Waals surface area contributed by atoms with Crippen molar-refractivity contribution in [2.24, 2.45) is 0 Å². The van der Waals surface area contributed by atoms with Gasteiger partial charge in [0.25, 0.3) is 0 Å². The SMILES string of the molecule is CCOC(=O)C(CCO)(C(=O)OCC)c1ccccc1.CCOC(=O)C(CCOCc1ccccc1)(C(=O)OCC)c1ccccc1. The van der Waals surface area contributed by atoms with Crippen LogP contribution in [0.4, 0.5) is 0 Å². The van der Waals surface area contributed by atoms with Gasteiger partial charge in [-0.3, -0.25) is 19.2 Å². The van der Waals surface area contributed by atoms with Gasteiger partial charge in [-0.15, -0.1) is 0 Å². The third kappa shape index (κ3) is 10.2. The molecule has 0 aromatic heterocycles. The fourth-order valence-corrected chi connectivity index (χ4v) is 4.95. The number of carbonyl (C=O) groups excluding carboxylic acids is 4. The maximum absolute atomic E-state index is 12.9. The molecule has 0 radical (unpaired) electrons. The highest BCUT2D eigenvalue weighted by Crippen LogP contribution is 2.33. The van der Waals surface area contributed by atoms with Crippen molar-refractivity contribution in [3.8, 4) is 0 Å². The lowest BCUT2D eigenvalue weighted by atomic mass is 9.77. The molecule has 0 spiro atoms. The Morgan fingerprint density at radius 3 is 1.21 bits per heavy atom. The minimum atomic E-state index is -1.61. The van der Waals surface area contributed by atoms with Gasteiger partial charge in [-0.05, 0) is 44.4 Å². The Morgan fingerprint density at radius 1 is 0.532 bits per heavy atom. The molecule has 0 heterocycles. The average Bonchev–Trinajstić information content (AvgIpc) is 3.09. The van der Waals surface area contributed by atoms with Crippen LogP contribution in [0.2, 0.25) is 0 Å². The van der Waals surface area contributed by atoms with Crippen molar-refractivity contribution >= 4 is 23.9 Å². The van der Waals surface area contributed by atoms with Crippen molar-refractivity contribution in [3.63, 3.8) is 0 Å². The standard InChI is InChI=1S/C22H26O5.C15H20O5/c1-3-26-20(23)22(21(24)27-4-2,19-13-9-6-10-14-19)15-16-25-17-18-11-7-5-8-12-18;1-3-19-13(17)15(10-11-16,14(18)20-4-2)12-8-6-5-7-9-12/h5-14H,3-4,15-17H2,1-2H3;5-9,16H,3-4,10-11H2,1-2H3. The van der Waals surface area contributed by atoms with Crippen molar-refractivity contribution in [3.05, 3.63) is 108 Å². The van der Waals surface area contributed by atoms with E-state index >= 15 is 0 Å². The van der Waals surface area contributed by atoms with Crippen LogP contribution in [-0.4, -0.2) is 68.6 Å². The van der Waals surface area contributed by atoms with E-state index in [4.69, 9.17) is 23.7 Å². The second kappa shape index (κ2) is 20.6. The van der Waals surface area contributed by atoms with Crippen molar-refractivity contribution in [1.82, 2.24) is 0 Å². The van der Waals surface area contributed by atoms with Crippen molar-refractivity contribution in [1.29, 1.82) is 0 Å². The summed E-state index contributed by atoms with van der Waals surface area (Å²) in [6.45, 7) is 7.70. The van der Waals surface area contributed by atoms with E-state index in [0.717, 1.165) is 5.56 Å². The van der Waals surface area contributed by atoms with E-state index in [1.807, 2.05) is 36.4 Å². The molecular weight excluding hydrogens is 604 g/mol. The lowest BCUT2D eigenvalue weighted by Gasteiger charge is -2.29. The molecule has 0 aliphatic carbocycles. The molecule has 3 aromatic rings. The highest BCUT2D eigenvalue weighted by molar-refractivity contribution is 6.07. The number of esters is 4. The normalized spacial score (nSPS) is 11.0. The molecule has 1 N–H and O–H groups in total. The molecule has 0 amide bonds. The maximum Gasteiger partial charge on any atom is 0.328 e. The number of aliphatic hydroxyl groups excluding tert-OH is 1. The van der Waals surface area contributed by atoms with E-state index < -0.39 is 34.7 Å². The first-order chi connectivity index (χ1) is 22.8. The molecule has 0 unspecified atom stereocenters. The van der Waals surface area contributed by atoms with Gasteiger partial charge in [-0.25, -0.2) is 0 Å². The molecule has 254 valence electrons. The van der Waals surface area contributed by atoms with Crippen LogP contribution in [0.25, 0.3) is 0 Å². The number of benzene rings is 3. The van der Waals surface area contributed by atoms with E-state index in [-0.39, 0.29) is 52.5 Å². The Hall–Kier alpha value is -4.54. The van der Waals surface area contributed by atoms with Gasteiger partial charge in [-0.1, -0.05) is 91.0 Å². The van der Waals surface area contributed by atoms with Gasteiger partial charge >= 0.3 is 23.9 Å². The third-order valence-electron chi connectivity index (χ3n) is 7.25. The van der Waals surface area contributed by atoms with E-state index in [0.29, 0.717) is 17.7 Å². The molecule has 3 aromatic carbocycles. The van der Waals surface area contributed by atoms with Gasteiger partial charge in [0.15, 0.2) is 10.8 Å². The summed E-state index contributed by atoms with van der Waals surface area (Å²) >= 11 is 0. The highest BCUT2D eigenvalue weighted by atomic mass is 16.6. The van der Waals surface area contributed by atoms with Gasteiger partial charge in [0.2, 0.25) is 0 Å². The van der Waals surface area contributed by atoms with Crippen LogP contribution in [0, 0.1) is 0 Å². The van der Waals surface area contributed by atoms with Gasteiger partial charge in [-0.2, -0.15) is 0 Å². The molecule has 10 heteroatoms. The molecule has 47 heavy (non-hydrogen) atoms. The zero-order valence-electron chi connectivity index (χ0n) is 27.6. The number of aliphatic hydroxyl groups is 1. The maximum atomic E-state index is 12.9. The monoisotopic (exact) mass is 650 g/mol. The molecule has 0 fully saturated rings. The van der Waals surface area contributed by atoms with E-state index in [1.54, 1.807) is 82.3 Å². The van der Waals surface area contributed by atoms with Gasteiger partial charge in [0, 0.05) is 26.1 Å². The van der Waals surface area contributed by atoms with Gasteiger partial charge < -0.3 is 28.8 Å². The molecule has 0 aliphatic rings. The summed E-state index contributed by atoms with van der Waals surface area (Å²) in [4.78, 5) is 50.4. The van der Waals surface area contributed by atoms with Gasteiger partial charge in [0.05, 0.1) is 33.0 Å². The zero-order valence-corrected chi connectivity index (χ0v) is 27.6. The first-order valence-corrected chi connectivity index (χ1v) is 15.8. The molecule has 10 nitrogen and oxygen atoms in total. The van der Waals surface area contributed by atoms with Gasteiger partial charge in [0.1, 0.15) is 0 Å². The summed E-state index contributed by atoms with van der Waals surface area (Å²) in [5, 5.41) is 9.28. The zero-order chi connectivity index (χ0) is 34.5. The molecule has 0 bridgehead atoms. The Morgan fingerprint density at radius 2 is 0.872 bits per heavy atom. The number of ether oxygens (including phenoxy) is 5. The molecule has 3 rings (SSSR count).